The van der Waals surface area contributed by atoms with E-state index in [0.29, 0.717) is 12.8 Å². The summed E-state index contributed by atoms with van der Waals surface area (Å²) in [7, 11) is 0. The molecule has 0 saturated carbocycles. The minimum atomic E-state index is -0.868. The number of hydrogen-bond acceptors (Lipinski definition) is 3. The molecule has 0 fully saturated rings. The van der Waals surface area contributed by atoms with Crippen molar-refractivity contribution in [1.82, 2.24) is 0 Å². The van der Waals surface area contributed by atoms with Gasteiger partial charge in [0.05, 0.1) is 11.2 Å². The third-order valence-corrected chi connectivity index (χ3v) is 5.84. The summed E-state index contributed by atoms with van der Waals surface area (Å²) >= 11 is 0. The van der Waals surface area contributed by atoms with Crippen molar-refractivity contribution in [2.45, 2.75) is 79.4 Å². The van der Waals surface area contributed by atoms with Crippen molar-refractivity contribution in [3.63, 3.8) is 0 Å². The number of carbonyl (C=O) groups is 1. The van der Waals surface area contributed by atoms with Gasteiger partial charge in [-0.15, -0.1) is 0 Å². The Hall–Kier alpha value is -1.97. The van der Waals surface area contributed by atoms with E-state index in [1.807, 2.05) is 76.2 Å². The predicted octanol–water partition coefficient (Wildman–Crippen LogP) is 5.55. The van der Waals surface area contributed by atoms with Crippen LogP contribution in [-0.4, -0.2) is 16.0 Å². The van der Waals surface area contributed by atoms with Gasteiger partial charge in [-0.2, -0.15) is 0 Å². The summed E-state index contributed by atoms with van der Waals surface area (Å²) in [5, 5.41) is 20.3. The fourth-order valence-corrected chi connectivity index (χ4v) is 4.16. The molecule has 2 N–H and O–H groups in total. The van der Waals surface area contributed by atoms with Crippen molar-refractivity contribution in [2.24, 2.45) is 10.8 Å². The molecule has 0 aromatic heterocycles. The van der Waals surface area contributed by atoms with Gasteiger partial charge in [0.25, 0.3) is 0 Å². The maximum atomic E-state index is 13.5. The molecule has 0 atom stereocenters. The lowest BCUT2D eigenvalue weighted by atomic mass is 9.68. The molecule has 2 rings (SSSR count). The van der Waals surface area contributed by atoms with E-state index in [9.17, 15) is 15.0 Å². The van der Waals surface area contributed by atoms with E-state index in [1.165, 1.54) is 0 Å². The summed E-state index contributed by atoms with van der Waals surface area (Å²) in [5.74, 6) is 0.230. The zero-order valence-electron chi connectivity index (χ0n) is 19.8. The minimum absolute atomic E-state index is 0.230. The Bertz CT molecular complexity index is 785. The number of aliphatic hydroxyl groups is 2. The van der Waals surface area contributed by atoms with Crippen LogP contribution in [0.3, 0.4) is 0 Å². The smallest absolute Gasteiger partial charge is 0.144 e. The molecule has 0 spiro atoms. The molecule has 2 aromatic rings. The maximum absolute atomic E-state index is 13.5. The average Bonchev–Trinajstić information content (AvgIpc) is 2.59. The fourth-order valence-electron chi connectivity index (χ4n) is 4.16. The molecule has 30 heavy (non-hydrogen) atoms. The normalized spacial score (nSPS) is 13.4. The fraction of sp³-hybridized carbons (Fsp3) is 0.519. The van der Waals surface area contributed by atoms with E-state index in [2.05, 4.69) is 0 Å². The summed E-state index contributed by atoms with van der Waals surface area (Å²) in [4.78, 5) is 13.5. The van der Waals surface area contributed by atoms with Crippen molar-refractivity contribution < 1.29 is 15.0 Å². The molecule has 0 unspecified atom stereocenters. The van der Waals surface area contributed by atoms with Crippen LogP contribution in [0.1, 0.15) is 77.6 Å². The van der Waals surface area contributed by atoms with Crippen LogP contribution in [0.5, 0.6) is 0 Å². The second-order valence-electron chi connectivity index (χ2n) is 11.0. The molecular weight excluding hydrogens is 372 g/mol. The molecule has 2 aromatic carbocycles. The third kappa shape index (κ3) is 6.02. The van der Waals surface area contributed by atoms with Gasteiger partial charge in [-0.25, -0.2) is 0 Å². The third-order valence-electron chi connectivity index (χ3n) is 5.84. The molecular formula is C27H38O3. The first-order chi connectivity index (χ1) is 13.5. The van der Waals surface area contributed by atoms with Gasteiger partial charge in [0.1, 0.15) is 5.78 Å². The van der Waals surface area contributed by atoms with Crippen LogP contribution in [0.4, 0.5) is 0 Å². The Morgan fingerprint density at radius 3 is 1.10 bits per heavy atom. The molecule has 0 aliphatic rings. The lowest BCUT2D eigenvalue weighted by molar-refractivity contribution is -0.135. The SMILES string of the molecule is CC(C)(Cc1ccc(C(C)(C)O)cc1)C(=O)C(C)(C)Cc1ccc(C(C)(C)O)cc1. The predicted molar refractivity (Wildman–Crippen MR) is 123 cm³/mol. The van der Waals surface area contributed by atoms with Crippen molar-refractivity contribution in [3.05, 3.63) is 70.8 Å². The van der Waals surface area contributed by atoms with Gasteiger partial charge in [-0.1, -0.05) is 76.2 Å². The van der Waals surface area contributed by atoms with Gasteiger partial charge in [0.15, 0.2) is 0 Å². The Balaban J connectivity index is 2.14. The second-order valence-corrected chi connectivity index (χ2v) is 11.0. The zero-order valence-corrected chi connectivity index (χ0v) is 19.8. The minimum Gasteiger partial charge on any atom is -0.386 e. The molecule has 0 amide bonds. The number of ketones is 1. The van der Waals surface area contributed by atoms with Crippen molar-refractivity contribution in [1.29, 1.82) is 0 Å². The molecule has 0 heterocycles. The second kappa shape index (κ2) is 8.28. The number of Topliss-reactive ketones (excluding diaryl/α,β-unsaturated/α-hetero) is 1. The van der Waals surface area contributed by atoms with E-state index >= 15 is 0 Å². The summed E-state index contributed by atoms with van der Waals surface area (Å²) in [6.45, 7) is 15.1. The van der Waals surface area contributed by atoms with Gasteiger partial charge in [0, 0.05) is 10.8 Å². The van der Waals surface area contributed by atoms with Crippen LogP contribution in [0.25, 0.3) is 0 Å². The molecule has 0 radical (unpaired) electrons. The molecule has 0 aliphatic heterocycles. The highest BCUT2D eigenvalue weighted by Crippen LogP contribution is 2.35. The monoisotopic (exact) mass is 410 g/mol. The largest absolute Gasteiger partial charge is 0.386 e. The van der Waals surface area contributed by atoms with Crippen LogP contribution >= 0.6 is 0 Å². The Kier molecular flexibility index (Phi) is 6.71. The molecule has 0 bridgehead atoms. The number of rotatable bonds is 8. The maximum Gasteiger partial charge on any atom is 0.144 e. The lowest BCUT2D eigenvalue weighted by Crippen LogP contribution is -2.39. The van der Waals surface area contributed by atoms with Gasteiger partial charge in [-0.3, -0.25) is 4.79 Å². The van der Waals surface area contributed by atoms with Crippen LogP contribution in [0, 0.1) is 10.8 Å². The summed E-state index contributed by atoms with van der Waals surface area (Å²) < 4.78 is 0. The van der Waals surface area contributed by atoms with Crippen LogP contribution in [0.15, 0.2) is 48.5 Å². The first kappa shape index (κ1) is 24.3. The summed E-state index contributed by atoms with van der Waals surface area (Å²) in [5.41, 5.74) is 1.16. The number of carbonyl (C=O) groups excluding carboxylic acids is 1. The van der Waals surface area contributed by atoms with E-state index < -0.39 is 22.0 Å². The molecule has 0 aliphatic carbocycles. The van der Waals surface area contributed by atoms with Gasteiger partial charge < -0.3 is 10.2 Å². The van der Waals surface area contributed by atoms with Crippen molar-refractivity contribution in [2.75, 3.05) is 0 Å². The highest BCUT2D eigenvalue weighted by molar-refractivity contribution is 5.89. The van der Waals surface area contributed by atoms with E-state index in [4.69, 9.17) is 0 Å². The Morgan fingerprint density at radius 1 is 0.600 bits per heavy atom. The van der Waals surface area contributed by atoms with E-state index in [0.717, 1.165) is 22.3 Å². The zero-order chi connectivity index (χ0) is 23.0. The highest BCUT2D eigenvalue weighted by atomic mass is 16.3. The van der Waals surface area contributed by atoms with E-state index in [-0.39, 0.29) is 5.78 Å². The van der Waals surface area contributed by atoms with Crippen LogP contribution in [-0.2, 0) is 28.8 Å². The average molecular weight is 411 g/mol. The molecule has 0 saturated heterocycles. The Labute approximate surface area is 182 Å². The van der Waals surface area contributed by atoms with E-state index in [1.54, 1.807) is 27.7 Å². The van der Waals surface area contributed by atoms with Gasteiger partial charge in [-0.05, 0) is 62.8 Å². The number of benzene rings is 2. The van der Waals surface area contributed by atoms with Crippen LogP contribution in [0.2, 0.25) is 0 Å². The first-order valence-electron chi connectivity index (χ1n) is 10.7. The summed E-state index contributed by atoms with van der Waals surface area (Å²) in [6, 6.07) is 15.8. The van der Waals surface area contributed by atoms with Crippen molar-refractivity contribution >= 4 is 5.78 Å². The quantitative estimate of drug-likeness (QED) is 0.600. The molecule has 164 valence electrons. The molecule has 3 heteroatoms. The standard InChI is InChI=1S/C27H38O3/c1-24(2,17-19-9-13-21(14-10-19)26(5,6)29)23(28)25(3,4)18-20-11-15-22(16-12-20)27(7,8)30/h9-16,29-30H,17-18H2,1-8H3. The Morgan fingerprint density at radius 2 is 0.867 bits per heavy atom. The highest BCUT2D eigenvalue weighted by Gasteiger charge is 2.39. The summed E-state index contributed by atoms with van der Waals surface area (Å²) in [6.07, 6.45) is 1.30. The lowest BCUT2D eigenvalue weighted by Gasteiger charge is -2.34. The topological polar surface area (TPSA) is 57.5 Å². The van der Waals surface area contributed by atoms with Crippen molar-refractivity contribution in [3.8, 4) is 0 Å². The van der Waals surface area contributed by atoms with Gasteiger partial charge in [0.2, 0.25) is 0 Å². The first-order valence-corrected chi connectivity index (χ1v) is 10.7. The number of hydrogen-bond donors (Lipinski definition) is 2. The molecule has 3 nitrogen and oxygen atoms in total. The van der Waals surface area contributed by atoms with Gasteiger partial charge >= 0.3 is 0 Å². The van der Waals surface area contributed by atoms with Crippen LogP contribution < -0.4 is 0 Å².